The standard InChI is InChI=1S/C18H23BrO5/c1-4-11-18(16(21)23-5-2,17(22)24-6-3)12-15(20)13-7-9-14(19)10-8-13/h7-10H,4-6,11-12H2,1-3H3. The highest BCUT2D eigenvalue weighted by molar-refractivity contribution is 9.10. The summed E-state index contributed by atoms with van der Waals surface area (Å²) in [6, 6.07) is 6.78. The molecule has 0 spiro atoms. The Morgan fingerprint density at radius 1 is 0.958 bits per heavy atom. The first kappa shape index (κ1) is 20.4. The smallest absolute Gasteiger partial charge is 0.323 e. The number of benzene rings is 1. The Labute approximate surface area is 150 Å². The van der Waals surface area contributed by atoms with Gasteiger partial charge < -0.3 is 9.47 Å². The predicted octanol–water partition coefficient (Wildman–Crippen LogP) is 3.93. The Kier molecular flexibility index (Phi) is 8.11. The van der Waals surface area contributed by atoms with E-state index >= 15 is 0 Å². The summed E-state index contributed by atoms with van der Waals surface area (Å²) in [7, 11) is 0. The molecule has 1 aromatic carbocycles. The SMILES string of the molecule is CCCC(CC(=O)c1ccc(Br)cc1)(C(=O)OCC)C(=O)OCC. The summed E-state index contributed by atoms with van der Waals surface area (Å²) in [5.74, 6) is -1.69. The molecule has 6 heteroatoms. The lowest BCUT2D eigenvalue weighted by Gasteiger charge is -2.28. The van der Waals surface area contributed by atoms with Crippen molar-refractivity contribution in [3.05, 3.63) is 34.3 Å². The second kappa shape index (κ2) is 9.57. The van der Waals surface area contributed by atoms with E-state index in [0.29, 0.717) is 12.0 Å². The molecule has 24 heavy (non-hydrogen) atoms. The van der Waals surface area contributed by atoms with Crippen LogP contribution >= 0.6 is 15.9 Å². The molecular formula is C18H23BrO5. The number of Topliss-reactive ketones (excluding diaryl/α,β-unsaturated/α-hetero) is 1. The molecule has 1 aromatic rings. The van der Waals surface area contributed by atoms with Crippen molar-refractivity contribution in [1.29, 1.82) is 0 Å². The largest absolute Gasteiger partial charge is 0.465 e. The van der Waals surface area contributed by atoms with Crippen molar-refractivity contribution in [2.45, 2.75) is 40.0 Å². The quantitative estimate of drug-likeness (QED) is 0.358. The van der Waals surface area contributed by atoms with E-state index in [1.807, 2.05) is 6.92 Å². The molecule has 0 aromatic heterocycles. The normalized spacial score (nSPS) is 11.0. The van der Waals surface area contributed by atoms with E-state index < -0.39 is 17.4 Å². The average molecular weight is 399 g/mol. The van der Waals surface area contributed by atoms with Crippen LogP contribution in [-0.2, 0) is 19.1 Å². The molecular weight excluding hydrogens is 376 g/mol. The van der Waals surface area contributed by atoms with E-state index in [4.69, 9.17) is 9.47 Å². The highest BCUT2D eigenvalue weighted by Gasteiger charge is 2.49. The van der Waals surface area contributed by atoms with Crippen molar-refractivity contribution >= 4 is 33.7 Å². The second-order valence-corrected chi connectivity index (χ2v) is 6.30. The number of ketones is 1. The average Bonchev–Trinajstić information content (AvgIpc) is 2.55. The van der Waals surface area contributed by atoms with Crippen molar-refractivity contribution in [2.24, 2.45) is 5.41 Å². The highest BCUT2D eigenvalue weighted by atomic mass is 79.9. The van der Waals surface area contributed by atoms with Crippen LogP contribution in [-0.4, -0.2) is 30.9 Å². The van der Waals surface area contributed by atoms with E-state index in [2.05, 4.69) is 15.9 Å². The first-order chi connectivity index (χ1) is 11.4. The number of hydrogen-bond acceptors (Lipinski definition) is 5. The van der Waals surface area contributed by atoms with Gasteiger partial charge in [0.2, 0.25) is 0 Å². The van der Waals surface area contributed by atoms with Gasteiger partial charge in [-0.3, -0.25) is 14.4 Å². The lowest BCUT2D eigenvalue weighted by atomic mass is 9.77. The Bertz CT molecular complexity index is 562. The van der Waals surface area contributed by atoms with Gasteiger partial charge in [-0.15, -0.1) is 0 Å². The van der Waals surface area contributed by atoms with Crippen LogP contribution < -0.4 is 0 Å². The zero-order valence-electron chi connectivity index (χ0n) is 14.3. The number of ether oxygens (including phenoxy) is 2. The number of halogens is 1. The summed E-state index contributed by atoms with van der Waals surface area (Å²) in [5, 5.41) is 0. The molecule has 0 saturated heterocycles. The highest BCUT2D eigenvalue weighted by Crippen LogP contribution is 2.34. The molecule has 5 nitrogen and oxygen atoms in total. The fraction of sp³-hybridized carbons (Fsp3) is 0.500. The molecule has 0 fully saturated rings. The van der Waals surface area contributed by atoms with Gasteiger partial charge in [0.15, 0.2) is 11.2 Å². The summed E-state index contributed by atoms with van der Waals surface area (Å²) in [6.07, 6.45) is 0.484. The Morgan fingerprint density at radius 3 is 1.88 bits per heavy atom. The molecule has 0 radical (unpaired) electrons. The molecule has 132 valence electrons. The van der Waals surface area contributed by atoms with Gasteiger partial charge in [-0.05, 0) is 32.4 Å². The molecule has 0 heterocycles. The minimum atomic E-state index is -1.59. The van der Waals surface area contributed by atoms with Crippen molar-refractivity contribution in [3.8, 4) is 0 Å². The zero-order chi connectivity index (χ0) is 18.2. The topological polar surface area (TPSA) is 69.7 Å². The van der Waals surface area contributed by atoms with Crippen LogP contribution in [0.2, 0.25) is 0 Å². The molecule has 0 bridgehead atoms. The minimum Gasteiger partial charge on any atom is -0.465 e. The predicted molar refractivity (Wildman–Crippen MR) is 93.7 cm³/mol. The first-order valence-corrected chi connectivity index (χ1v) is 8.83. The third-order valence-electron chi connectivity index (χ3n) is 3.64. The zero-order valence-corrected chi connectivity index (χ0v) is 15.9. The van der Waals surface area contributed by atoms with Crippen molar-refractivity contribution in [1.82, 2.24) is 0 Å². The minimum absolute atomic E-state index is 0.135. The molecule has 0 N–H and O–H groups in total. The lowest BCUT2D eigenvalue weighted by Crippen LogP contribution is -2.43. The summed E-state index contributed by atoms with van der Waals surface area (Å²) in [6.45, 7) is 5.44. The maximum atomic E-state index is 12.6. The van der Waals surface area contributed by atoms with Gasteiger partial charge in [-0.1, -0.05) is 41.4 Å². The van der Waals surface area contributed by atoms with Gasteiger partial charge in [0, 0.05) is 16.5 Å². The first-order valence-electron chi connectivity index (χ1n) is 8.04. The van der Waals surface area contributed by atoms with Crippen LogP contribution in [0.15, 0.2) is 28.7 Å². The number of rotatable bonds is 9. The summed E-state index contributed by atoms with van der Waals surface area (Å²) >= 11 is 3.31. The van der Waals surface area contributed by atoms with Crippen LogP contribution in [0, 0.1) is 5.41 Å². The van der Waals surface area contributed by atoms with Gasteiger partial charge in [-0.25, -0.2) is 0 Å². The molecule has 0 atom stereocenters. The van der Waals surface area contributed by atoms with E-state index in [-0.39, 0.29) is 31.8 Å². The molecule has 1 rings (SSSR count). The van der Waals surface area contributed by atoms with E-state index in [1.54, 1.807) is 38.1 Å². The van der Waals surface area contributed by atoms with Gasteiger partial charge >= 0.3 is 11.9 Å². The van der Waals surface area contributed by atoms with Gasteiger partial charge in [0.25, 0.3) is 0 Å². The van der Waals surface area contributed by atoms with Crippen LogP contribution in [0.25, 0.3) is 0 Å². The molecule has 0 saturated carbocycles. The second-order valence-electron chi connectivity index (χ2n) is 5.38. The van der Waals surface area contributed by atoms with E-state index in [0.717, 1.165) is 4.47 Å². The molecule has 0 amide bonds. The Morgan fingerprint density at radius 2 is 1.46 bits per heavy atom. The summed E-state index contributed by atoms with van der Waals surface area (Å²) in [5.41, 5.74) is -1.16. The lowest BCUT2D eigenvalue weighted by molar-refractivity contribution is -0.172. The van der Waals surface area contributed by atoms with Crippen LogP contribution in [0.1, 0.15) is 50.4 Å². The third kappa shape index (κ3) is 4.90. The number of hydrogen-bond donors (Lipinski definition) is 0. The van der Waals surface area contributed by atoms with E-state index in [1.165, 1.54) is 0 Å². The molecule has 0 aliphatic heterocycles. The van der Waals surface area contributed by atoms with Gasteiger partial charge in [0.1, 0.15) is 0 Å². The van der Waals surface area contributed by atoms with Crippen LogP contribution in [0.5, 0.6) is 0 Å². The van der Waals surface area contributed by atoms with Crippen molar-refractivity contribution in [3.63, 3.8) is 0 Å². The fourth-order valence-corrected chi connectivity index (χ4v) is 2.76. The van der Waals surface area contributed by atoms with Crippen molar-refractivity contribution in [2.75, 3.05) is 13.2 Å². The monoisotopic (exact) mass is 398 g/mol. The van der Waals surface area contributed by atoms with Crippen LogP contribution in [0.4, 0.5) is 0 Å². The maximum absolute atomic E-state index is 12.6. The Balaban J connectivity index is 3.18. The molecule has 0 aliphatic rings. The van der Waals surface area contributed by atoms with Crippen LogP contribution in [0.3, 0.4) is 0 Å². The maximum Gasteiger partial charge on any atom is 0.323 e. The fourth-order valence-electron chi connectivity index (χ4n) is 2.50. The number of esters is 2. The Hall–Kier alpha value is -1.69. The number of carbonyl (C=O) groups excluding carboxylic acids is 3. The molecule has 0 unspecified atom stereocenters. The third-order valence-corrected chi connectivity index (χ3v) is 4.17. The van der Waals surface area contributed by atoms with Crippen molar-refractivity contribution < 1.29 is 23.9 Å². The number of carbonyl (C=O) groups is 3. The van der Waals surface area contributed by atoms with E-state index in [9.17, 15) is 14.4 Å². The van der Waals surface area contributed by atoms with Gasteiger partial charge in [0.05, 0.1) is 13.2 Å². The molecule has 0 aliphatic carbocycles. The summed E-state index contributed by atoms with van der Waals surface area (Å²) in [4.78, 5) is 37.7. The van der Waals surface area contributed by atoms with Gasteiger partial charge in [-0.2, -0.15) is 0 Å². The summed E-state index contributed by atoms with van der Waals surface area (Å²) < 4.78 is 11.0.